The minimum atomic E-state index is -0.445. The van der Waals surface area contributed by atoms with E-state index in [0.717, 1.165) is 4.47 Å². The van der Waals surface area contributed by atoms with Gasteiger partial charge in [-0.15, -0.1) is 0 Å². The Bertz CT molecular complexity index is 948. The summed E-state index contributed by atoms with van der Waals surface area (Å²) in [5, 5.41) is 5.48. The van der Waals surface area contributed by atoms with E-state index in [-0.39, 0.29) is 17.1 Å². The van der Waals surface area contributed by atoms with Crippen molar-refractivity contribution >= 4 is 38.8 Å². The Morgan fingerprint density at radius 2 is 2.04 bits per heavy atom. The number of hydrogen-bond donors (Lipinski definition) is 3. The number of carbonyl (C=O) groups excluding carboxylic acids is 1. The molecule has 0 aliphatic heterocycles. The molecule has 0 aliphatic rings. The number of benzene rings is 1. The van der Waals surface area contributed by atoms with Crippen molar-refractivity contribution in [1.82, 2.24) is 20.3 Å². The summed E-state index contributed by atoms with van der Waals surface area (Å²) in [6, 6.07) is 5.78. The van der Waals surface area contributed by atoms with Crippen molar-refractivity contribution in [1.29, 1.82) is 0 Å². The van der Waals surface area contributed by atoms with Crippen molar-refractivity contribution in [2.45, 2.75) is 26.3 Å². The van der Waals surface area contributed by atoms with Crippen molar-refractivity contribution in [2.75, 3.05) is 5.32 Å². The van der Waals surface area contributed by atoms with Crippen molar-refractivity contribution in [3.05, 3.63) is 40.8 Å². The maximum atomic E-state index is 14.3. The largest absolute Gasteiger partial charge is 0.336 e. The first kappa shape index (κ1) is 17.3. The first-order chi connectivity index (χ1) is 11.7. The summed E-state index contributed by atoms with van der Waals surface area (Å²) in [5.74, 6) is -0.0992. The van der Waals surface area contributed by atoms with Crippen molar-refractivity contribution in [3.63, 3.8) is 0 Å². The van der Waals surface area contributed by atoms with Gasteiger partial charge in [-0.3, -0.25) is 0 Å². The van der Waals surface area contributed by atoms with E-state index in [1.54, 1.807) is 6.20 Å². The molecular formula is C17H17BrFN5O. The average molecular weight is 406 g/mol. The van der Waals surface area contributed by atoms with Gasteiger partial charge in [0.25, 0.3) is 0 Å². The molecule has 3 N–H and O–H groups in total. The summed E-state index contributed by atoms with van der Waals surface area (Å²) >= 11 is 3.34. The number of aromatic nitrogens is 3. The van der Waals surface area contributed by atoms with E-state index in [0.29, 0.717) is 22.7 Å². The zero-order valence-corrected chi connectivity index (χ0v) is 15.5. The molecule has 1 aromatic carbocycles. The van der Waals surface area contributed by atoms with Gasteiger partial charge >= 0.3 is 6.03 Å². The lowest BCUT2D eigenvalue weighted by Crippen LogP contribution is -2.43. The Morgan fingerprint density at radius 1 is 1.28 bits per heavy atom. The molecule has 0 unspecified atom stereocenters. The molecule has 2 heterocycles. The van der Waals surface area contributed by atoms with Gasteiger partial charge in [-0.25, -0.2) is 19.2 Å². The number of imidazole rings is 1. The van der Waals surface area contributed by atoms with Gasteiger partial charge in [0.2, 0.25) is 0 Å². The number of nitrogens with one attached hydrogen (secondary N) is 3. The fourth-order valence-corrected chi connectivity index (χ4v) is 2.62. The molecular weight excluding hydrogens is 389 g/mol. The number of rotatable bonds is 2. The van der Waals surface area contributed by atoms with Gasteiger partial charge in [0.05, 0.1) is 11.1 Å². The van der Waals surface area contributed by atoms with Crippen molar-refractivity contribution in [2.24, 2.45) is 0 Å². The SMILES string of the molecule is CC(C)(C)NC(=O)Nc1ccc(F)c(-c2nc3ncc(Br)cc3[nH]2)c1. The number of nitrogens with zero attached hydrogens (tertiary/aromatic N) is 2. The minimum absolute atomic E-state index is 0.252. The van der Waals surface area contributed by atoms with Crippen LogP contribution in [0.1, 0.15) is 20.8 Å². The number of amides is 2. The van der Waals surface area contributed by atoms with E-state index >= 15 is 0 Å². The highest BCUT2D eigenvalue weighted by atomic mass is 79.9. The Hall–Kier alpha value is -2.48. The molecule has 2 amide bonds. The number of urea groups is 1. The molecule has 0 fully saturated rings. The van der Waals surface area contributed by atoms with E-state index in [1.165, 1.54) is 18.2 Å². The molecule has 25 heavy (non-hydrogen) atoms. The molecule has 3 aromatic rings. The van der Waals surface area contributed by atoms with Gasteiger partial charge in [0, 0.05) is 21.9 Å². The van der Waals surface area contributed by atoms with Crippen LogP contribution in [0, 0.1) is 5.82 Å². The molecule has 0 saturated heterocycles. The first-order valence-corrected chi connectivity index (χ1v) is 8.41. The Labute approximate surface area is 152 Å². The molecule has 6 nitrogen and oxygen atoms in total. The summed E-state index contributed by atoms with van der Waals surface area (Å²) in [7, 11) is 0. The Balaban J connectivity index is 1.92. The van der Waals surface area contributed by atoms with Crippen LogP contribution < -0.4 is 10.6 Å². The summed E-state index contributed by atoms with van der Waals surface area (Å²) < 4.78 is 15.0. The predicted octanol–water partition coefficient (Wildman–Crippen LogP) is 4.45. The highest BCUT2D eigenvalue weighted by Gasteiger charge is 2.16. The molecule has 0 radical (unpaired) electrons. The fourth-order valence-electron chi connectivity index (χ4n) is 2.29. The fraction of sp³-hybridized carbons (Fsp3) is 0.235. The molecule has 0 spiro atoms. The van der Waals surface area contributed by atoms with Gasteiger partial charge < -0.3 is 15.6 Å². The molecule has 130 valence electrons. The van der Waals surface area contributed by atoms with Crippen LogP contribution in [0.5, 0.6) is 0 Å². The van der Waals surface area contributed by atoms with Crippen molar-refractivity contribution in [3.8, 4) is 11.4 Å². The Morgan fingerprint density at radius 3 is 2.76 bits per heavy atom. The van der Waals surface area contributed by atoms with E-state index < -0.39 is 5.82 Å². The van der Waals surface area contributed by atoms with Gasteiger partial charge in [0.15, 0.2) is 5.65 Å². The predicted molar refractivity (Wildman–Crippen MR) is 98.9 cm³/mol. The molecule has 8 heteroatoms. The third-order valence-corrected chi connectivity index (χ3v) is 3.71. The highest BCUT2D eigenvalue weighted by Crippen LogP contribution is 2.26. The number of H-pyrrole nitrogens is 1. The van der Waals surface area contributed by atoms with Crippen LogP contribution in [-0.4, -0.2) is 26.5 Å². The maximum Gasteiger partial charge on any atom is 0.319 e. The number of aromatic amines is 1. The van der Waals surface area contributed by atoms with Gasteiger partial charge in [-0.1, -0.05) is 0 Å². The third kappa shape index (κ3) is 4.14. The highest BCUT2D eigenvalue weighted by molar-refractivity contribution is 9.10. The van der Waals surface area contributed by atoms with Gasteiger partial charge in [0.1, 0.15) is 11.6 Å². The quantitative estimate of drug-likeness (QED) is 0.588. The normalized spacial score (nSPS) is 11.6. The van der Waals surface area contributed by atoms with Crippen LogP contribution >= 0.6 is 15.9 Å². The van der Waals surface area contributed by atoms with E-state index in [9.17, 15) is 9.18 Å². The van der Waals surface area contributed by atoms with E-state index in [4.69, 9.17) is 0 Å². The van der Waals surface area contributed by atoms with Crippen LogP contribution in [0.15, 0.2) is 34.9 Å². The maximum absolute atomic E-state index is 14.3. The van der Waals surface area contributed by atoms with Crippen LogP contribution in [0.2, 0.25) is 0 Å². The summed E-state index contributed by atoms with van der Waals surface area (Å²) in [6.45, 7) is 5.63. The van der Waals surface area contributed by atoms with Crippen LogP contribution in [0.3, 0.4) is 0 Å². The second-order valence-corrected chi connectivity index (χ2v) is 7.55. The number of pyridine rings is 1. The number of hydrogen-bond acceptors (Lipinski definition) is 3. The summed E-state index contributed by atoms with van der Waals surface area (Å²) in [4.78, 5) is 23.5. The smallest absolute Gasteiger partial charge is 0.319 e. The number of anilines is 1. The number of fused-ring (bicyclic) bond motifs is 1. The monoisotopic (exact) mass is 405 g/mol. The van der Waals surface area contributed by atoms with Crippen LogP contribution in [0.4, 0.5) is 14.9 Å². The zero-order chi connectivity index (χ0) is 18.2. The average Bonchev–Trinajstić information content (AvgIpc) is 2.90. The molecule has 2 aromatic heterocycles. The second kappa shape index (κ2) is 6.44. The standard InChI is InChI=1S/C17H17BrFN5O/c1-17(2,3)24-16(25)21-10-4-5-12(19)11(7-10)14-22-13-6-9(18)8-20-15(13)23-14/h4-8H,1-3H3,(H,20,22,23)(H2,21,24,25). The lowest BCUT2D eigenvalue weighted by atomic mass is 10.1. The van der Waals surface area contributed by atoms with E-state index in [2.05, 4.69) is 41.5 Å². The van der Waals surface area contributed by atoms with Crippen LogP contribution in [0.25, 0.3) is 22.6 Å². The number of halogens is 2. The molecule has 3 rings (SSSR count). The Kier molecular flexibility index (Phi) is 4.47. The van der Waals surface area contributed by atoms with Crippen LogP contribution in [-0.2, 0) is 0 Å². The summed E-state index contributed by atoms with van der Waals surface area (Å²) in [6.07, 6.45) is 1.62. The van der Waals surface area contributed by atoms with Gasteiger partial charge in [-0.05, 0) is 61.0 Å². The number of carbonyl (C=O) groups is 1. The first-order valence-electron chi connectivity index (χ1n) is 7.62. The topological polar surface area (TPSA) is 82.7 Å². The van der Waals surface area contributed by atoms with E-state index in [1.807, 2.05) is 26.8 Å². The minimum Gasteiger partial charge on any atom is -0.336 e. The molecule has 0 aliphatic carbocycles. The second-order valence-electron chi connectivity index (χ2n) is 6.63. The molecule has 0 atom stereocenters. The van der Waals surface area contributed by atoms with Crippen molar-refractivity contribution < 1.29 is 9.18 Å². The summed E-state index contributed by atoms with van der Waals surface area (Å²) in [5.41, 5.74) is 1.52. The lowest BCUT2D eigenvalue weighted by molar-refractivity contribution is 0.244. The zero-order valence-electron chi connectivity index (χ0n) is 13.9. The third-order valence-electron chi connectivity index (χ3n) is 3.27. The lowest BCUT2D eigenvalue weighted by Gasteiger charge is -2.20. The molecule has 0 bridgehead atoms. The van der Waals surface area contributed by atoms with Gasteiger partial charge in [-0.2, -0.15) is 0 Å². The molecule has 0 saturated carbocycles.